The molecule has 212 valence electrons. The maximum absolute atomic E-state index is 12.5. The Morgan fingerprint density at radius 3 is 2.15 bits per heavy atom. The van der Waals surface area contributed by atoms with Gasteiger partial charge in [0, 0.05) is 12.1 Å². The van der Waals surface area contributed by atoms with Gasteiger partial charge in [-0.1, -0.05) is 75.4 Å². The lowest BCUT2D eigenvalue weighted by Crippen LogP contribution is -2.44. The Morgan fingerprint density at radius 1 is 0.975 bits per heavy atom. The highest BCUT2D eigenvalue weighted by atomic mass is 28.4. The van der Waals surface area contributed by atoms with Crippen LogP contribution < -0.4 is 5.32 Å². The van der Waals surface area contributed by atoms with Gasteiger partial charge in [0.25, 0.3) is 0 Å². The van der Waals surface area contributed by atoms with E-state index in [1.54, 1.807) is 6.20 Å². The van der Waals surface area contributed by atoms with Gasteiger partial charge in [0.15, 0.2) is 14.4 Å². The lowest BCUT2D eigenvalue weighted by molar-refractivity contribution is -0.141. The number of aromatic nitrogens is 1. The van der Waals surface area contributed by atoms with E-state index >= 15 is 0 Å². The average Bonchev–Trinajstić information content (AvgIpc) is 3.24. The van der Waals surface area contributed by atoms with Crippen molar-refractivity contribution in [2.24, 2.45) is 0 Å². The zero-order chi connectivity index (χ0) is 28.9. The molecule has 8 nitrogen and oxygen atoms in total. The van der Waals surface area contributed by atoms with E-state index in [0.717, 1.165) is 33.5 Å². The third kappa shape index (κ3) is 6.96. The summed E-state index contributed by atoms with van der Waals surface area (Å²) in [5, 5.41) is 12.1. The molecule has 0 unspecified atom stereocenters. The number of carboxylic acids is 1. The molecule has 0 spiro atoms. The maximum Gasteiger partial charge on any atom is 0.407 e. The quantitative estimate of drug-likeness (QED) is 0.272. The van der Waals surface area contributed by atoms with Crippen LogP contribution in [0.25, 0.3) is 11.1 Å². The highest BCUT2D eigenvalue weighted by molar-refractivity contribution is 6.74. The summed E-state index contributed by atoms with van der Waals surface area (Å²) in [6.45, 7) is 11.5. The van der Waals surface area contributed by atoms with E-state index in [-0.39, 0.29) is 30.8 Å². The molecule has 9 heteroatoms. The first kappa shape index (κ1) is 29.4. The first-order valence-corrected chi connectivity index (χ1v) is 16.4. The van der Waals surface area contributed by atoms with E-state index in [4.69, 9.17) is 13.9 Å². The van der Waals surface area contributed by atoms with Gasteiger partial charge in [0.05, 0.1) is 25.5 Å². The first-order valence-electron chi connectivity index (χ1n) is 13.5. The van der Waals surface area contributed by atoms with Crippen LogP contribution in [0.3, 0.4) is 0 Å². The van der Waals surface area contributed by atoms with Crippen LogP contribution in [-0.2, 0) is 31.9 Å². The van der Waals surface area contributed by atoms with Crippen molar-refractivity contribution in [2.75, 3.05) is 13.2 Å². The molecular weight excluding hydrogens is 524 g/mol. The number of hydrogen-bond donors (Lipinski definition) is 2. The second kappa shape index (κ2) is 12.3. The smallest absolute Gasteiger partial charge is 0.407 e. The third-order valence-corrected chi connectivity index (χ3v) is 12.2. The Bertz CT molecular complexity index is 1290. The van der Waals surface area contributed by atoms with Crippen molar-refractivity contribution in [2.45, 2.75) is 64.1 Å². The van der Waals surface area contributed by atoms with E-state index in [0.29, 0.717) is 6.61 Å². The third-order valence-electron chi connectivity index (χ3n) is 7.76. The molecular formula is C31H38N2O6Si. The van der Waals surface area contributed by atoms with Crippen LogP contribution in [-0.4, -0.2) is 49.7 Å². The number of benzene rings is 2. The number of amides is 1. The van der Waals surface area contributed by atoms with Gasteiger partial charge in [-0.2, -0.15) is 0 Å². The number of nitrogens with one attached hydrogen (secondary N) is 1. The van der Waals surface area contributed by atoms with Crippen LogP contribution in [0.1, 0.15) is 49.1 Å². The van der Waals surface area contributed by atoms with Crippen molar-refractivity contribution in [3.8, 4) is 11.1 Å². The van der Waals surface area contributed by atoms with Crippen LogP contribution in [0, 0.1) is 0 Å². The largest absolute Gasteiger partial charge is 0.480 e. The highest BCUT2D eigenvalue weighted by Gasteiger charge is 2.37. The fourth-order valence-electron chi connectivity index (χ4n) is 4.35. The summed E-state index contributed by atoms with van der Waals surface area (Å²) in [5.41, 5.74) is 6.03. The monoisotopic (exact) mass is 562 g/mol. The Kier molecular flexibility index (Phi) is 9.07. The van der Waals surface area contributed by atoms with Crippen molar-refractivity contribution >= 4 is 20.4 Å². The Labute approximate surface area is 236 Å². The van der Waals surface area contributed by atoms with Crippen molar-refractivity contribution in [3.05, 3.63) is 89.2 Å². The maximum atomic E-state index is 12.5. The number of ether oxygens (including phenoxy) is 2. The van der Waals surface area contributed by atoms with Crippen LogP contribution in [0.4, 0.5) is 4.79 Å². The van der Waals surface area contributed by atoms with Gasteiger partial charge in [0.2, 0.25) is 0 Å². The lowest BCUT2D eigenvalue weighted by atomic mass is 9.98. The SMILES string of the molecule is CC(C)(C)[Si](C)(C)OCc1ccc(COC[C@H](NC(=O)OCC2c3ccccc3-c3ccccc32)C(=O)O)cn1. The summed E-state index contributed by atoms with van der Waals surface area (Å²) >= 11 is 0. The van der Waals surface area contributed by atoms with E-state index in [2.05, 4.69) is 56.3 Å². The number of aliphatic carboxylic acids is 1. The molecule has 0 bridgehead atoms. The van der Waals surface area contributed by atoms with Gasteiger partial charge in [0.1, 0.15) is 6.61 Å². The molecule has 1 amide bonds. The molecule has 1 atom stereocenters. The predicted octanol–water partition coefficient (Wildman–Crippen LogP) is 6.11. The molecule has 2 aromatic carbocycles. The van der Waals surface area contributed by atoms with Gasteiger partial charge < -0.3 is 24.3 Å². The topological polar surface area (TPSA) is 107 Å². The Balaban J connectivity index is 1.25. The molecule has 3 aromatic rings. The van der Waals surface area contributed by atoms with Crippen molar-refractivity contribution < 1.29 is 28.6 Å². The van der Waals surface area contributed by atoms with E-state index in [1.165, 1.54) is 0 Å². The zero-order valence-electron chi connectivity index (χ0n) is 23.8. The number of rotatable bonds is 11. The molecule has 0 saturated heterocycles. The number of pyridine rings is 1. The minimum absolute atomic E-state index is 0.101. The molecule has 1 aromatic heterocycles. The van der Waals surface area contributed by atoms with Gasteiger partial charge in [-0.25, -0.2) is 9.59 Å². The number of carboxylic acid groups (broad SMARTS) is 1. The molecule has 1 aliphatic carbocycles. The summed E-state index contributed by atoms with van der Waals surface area (Å²) in [5.74, 6) is -1.31. The van der Waals surface area contributed by atoms with Gasteiger partial charge >= 0.3 is 12.1 Å². The zero-order valence-corrected chi connectivity index (χ0v) is 24.8. The number of nitrogens with zero attached hydrogens (tertiary/aromatic N) is 1. The second-order valence-corrected chi connectivity index (χ2v) is 16.4. The van der Waals surface area contributed by atoms with E-state index in [1.807, 2.05) is 48.5 Å². The normalized spacial score (nSPS) is 13.8. The standard InChI is InChI=1S/C31H38N2O6Si/c1-31(2,3)40(4,5)39-18-22-15-14-21(16-32-22)17-37-20-28(29(34)35)33-30(36)38-19-27-25-12-8-6-10-23(25)24-11-7-9-13-26(24)27/h6-16,27-28H,17-20H2,1-5H3,(H,33,36)(H,34,35)/t28-/m0/s1. The first-order chi connectivity index (χ1) is 19.0. The molecule has 1 heterocycles. The average molecular weight is 563 g/mol. The molecule has 4 rings (SSSR count). The summed E-state index contributed by atoms with van der Waals surface area (Å²) < 4.78 is 17.3. The van der Waals surface area contributed by atoms with E-state index < -0.39 is 26.4 Å². The highest BCUT2D eigenvalue weighted by Crippen LogP contribution is 2.44. The lowest BCUT2D eigenvalue weighted by Gasteiger charge is -2.36. The Hall–Kier alpha value is -3.53. The number of carbonyl (C=O) groups excluding carboxylic acids is 1. The second-order valence-electron chi connectivity index (χ2n) is 11.6. The van der Waals surface area contributed by atoms with Crippen molar-refractivity contribution in [1.82, 2.24) is 10.3 Å². The summed E-state index contributed by atoms with van der Waals surface area (Å²) in [7, 11) is -1.87. The summed E-state index contributed by atoms with van der Waals surface area (Å²) in [6, 6.07) is 18.6. The van der Waals surface area contributed by atoms with E-state index in [9.17, 15) is 14.7 Å². The van der Waals surface area contributed by atoms with Crippen molar-refractivity contribution in [3.63, 3.8) is 0 Å². The molecule has 0 fully saturated rings. The molecule has 0 radical (unpaired) electrons. The number of carbonyl (C=O) groups is 2. The van der Waals surface area contributed by atoms with Gasteiger partial charge in [-0.15, -0.1) is 0 Å². The number of alkyl carbamates (subject to hydrolysis) is 1. The van der Waals surface area contributed by atoms with Crippen LogP contribution in [0.5, 0.6) is 0 Å². The van der Waals surface area contributed by atoms with Gasteiger partial charge in [-0.05, 0) is 52.0 Å². The van der Waals surface area contributed by atoms with Crippen LogP contribution in [0.15, 0.2) is 66.9 Å². The predicted molar refractivity (Wildman–Crippen MR) is 156 cm³/mol. The minimum atomic E-state index is -1.87. The van der Waals surface area contributed by atoms with Crippen LogP contribution >= 0.6 is 0 Å². The molecule has 40 heavy (non-hydrogen) atoms. The van der Waals surface area contributed by atoms with Crippen LogP contribution in [0.2, 0.25) is 18.1 Å². The fraction of sp³-hybridized carbons (Fsp3) is 0.387. The summed E-state index contributed by atoms with van der Waals surface area (Å²) in [4.78, 5) is 28.7. The fourth-order valence-corrected chi connectivity index (χ4v) is 5.29. The minimum Gasteiger partial charge on any atom is -0.480 e. The summed E-state index contributed by atoms with van der Waals surface area (Å²) in [6.07, 6.45) is 0.893. The molecule has 1 aliphatic rings. The number of hydrogen-bond acceptors (Lipinski definition) is 6. The van der Waals surface area contributed by atoms with Gasteiger partial charge in [-0.3, -0.25) is 4.98 Å². The molecule has 0 saturated carbocycles. The Morgan fingerprint density at radius 2 is 1.60 bits per heavy atom. The number of fused-ring (bicyclic) bond motifs is 3. The van der Waals surface area contributed by atoms with Crippen molar-refractivity contribution in [1.29, 1.82) is 0 Å². The molecule has 0 aliphatic heterocycles. The molecule has 2 N–H and O–H groups in total.